The molecule has 0 radical (unpaired) electrons. The van der Waals surface area contributed by atoms with Gasteiger partial charge in [-0.2, -0.15) is 0 Å². The van der Waals surface area contributed by atoms with E-state index in [1.807, 2.05) is 109 Å². The Kier molecular flexibility index (Phi) is 8.46. The van der Waals surface area contributed by atoms with Gasteiger partial charge in [0.2, 0.25) is 0 Å². The summed E-state index contributed by atoms with van der Waals surface area (Å²) in [6, 6.07) is 61.5. The molecular weight excluding hydrogens is 730 g/mol. The summed E-state index contributed by atoms with van der Waals surface area (Å²) in [5, 5.41) is 17.7. The number of aliphatic hydroxyl groups excluding tert-OH is 1. The fourth-order valence-electron chi connectivity index (χ4n) is 6.78. The molecule has 0 amide bonds. The van der Waals surface area contributed by atoms with Crippen molar-refractivity contribution >= 4 is 72.1 Å². The third-order valence-corrected chi connectivity index (χ3v) is 79.7. The number of hydrogen-bond acceptors (Lipinski definition) is 1. The molecule has 6 rings (SSSR count). The van der Waals surface area contributed by atoms with Crippen molar-refractivity contribution in [1.82, 2.24) is 0 Å². The molecule has 0 saturated carbocycles. The quantitative estimate of drug-likeness (QED) is 0.117. The molecule has 0 fully saturated rings. The maximum absolute atomic E-state index is 12.5. The monoisotopic (exact) mass is 764 g/mol. The Labute approximate surface area is 271 Å². The summed E-state index contributed by atoms with van der Waals surface area (Å²) >= 11 is 0. The zero-order valence-corrected chi connectivity index (χ0v) is 30.0. The topological polar surface area (TPSA) is 20.2 Å². The van der Waals surface area contributed by atoms with E-state index in [0.29, 0.717) is 0 Å². The van der Waals surface area contributed by atoms with E-state index in [-0.39, 0.29) is 0 Å². The maximum atomic E-state index is 12.5. The van der Waals surface area contributed by atoms with Crippen LogP contribution in [0.15, 0.2) is 182 Å². The Bertz CT molecular complexity index is 1520. The Morgan fingerprint density at radius 2 is 0.500 bits per heavy atom. The molecule has 0 heterocycles. The molecule has 0 aliphatic heterocycles. The van der Waals surface area contributed by atoms with Crippen molar-refractivity contribution < 1.29 is 13.6 Å². The molecule has 0 aliphatic rings. The van der Waals surface area contributed by atoms with Crippen LogP contribution in [0, 0.1) is 0 Å². The van der Waals surface area contributed by atoms with Gasteiger partial charge in [-0.25, -0.2) is 0 Å². The molecule has 6 aromatic rings. The van der Waals surface area contributed by atoms with E-state index in [1.165, 1.54) is 0 Å². The molecule has 0 atom stereocenters. The van der Waals surface area contributed by atoms with Crippen LogP contribution in [-0.4, -0.2) is 10.3 Å². The first-order valence-corrected chi connectivity index (χ1v) is 31.1. The van der Waals surface area contributed by atoms with Crippen LogP contribution in [0.5, 0.6) is 0 Å². The number of hydrogen-bond donors (Lipinski definition) is 1. The molecule has 6 aromatic carbocycles. The van der Waals surface area contributed by atoms with Crippen molar-refractivity contribution in [3.8, 4) is 0 Å². The summed E-state index contributed by atoms with van der Waals surface area (Å²) in [5.41, 5.74) is -7.65. The molecule has 0 unspecified atom stereocenters. The van der Waals surface area contributed by atoms with Gasteiger partial charge >= 0.3 is 273 Å². The van der Waals surface area contributed by atoms with Crippen molar-refractivity contribution in [3.05, 3.63) is 182 Å². The van der Waals surface area contributed by atoms with Crippen LogP contribution >= 0.6 is 40.3 Å². The van der Waals surface area contributed by atoms with Crippen molar-refractivity contribution in [3.63, 3.8) is 0 Å². The van der Waals surface area contributed by atoms with Gasteiger partial charge in [0.15, 0.2) is 0 Å². The van der Waals surface area contributed by atoms with E-state index < -0.39 is 24.9 Å². The Hall–Kier alpha value is -2.37. The molecule has 0 bridgehead atoms. The minimum atomic E-state index is -6.60. The van der Waals surface area contributed by atoms with Crippen LogP contribution in [0.1, 0.15) is 0 Å². The first-order chi connectivity index (χ1) is 21.3. The van der Waals surface area contributed by atoms with Crippen LogP contribution in [0.3, 0.4) is 0 Å². The Morgan fingerprint density at radius 1 is 0.341 bits per heavy atom. The normalized spacial score (nSPS) is 14.6. The number of aliphatic hydroxyl groups is 1. The average molecular weight is 765 g/mol. The van der Waals surface area contributed by atoms with E-state index in [1.54, 1.807) is 0 Å². The van der Waals surface area contributed by atoms with E-state index in [2.05, 4.69) is 72.8 Å². The van der Waals surface area contributed by atoms with Gasteiger partial charge in [-0.3, -0.25) is 0 Å². The first kappa shape index (κ1) is 31.6. The SMILES string of the molecule is O[CH2][Ru]([Cl])([Cl])([Cl])([PH](c1ccccc1)(c1ccccc1)c1ccccc1)[PH](c1ccccc1)(c1ccccc1)c1ccccc1. The van der Waals surface area contributed by atoms with Crippen molar-refractivity contribution in [1.29, 1.82) is 0 Å². The third kappa shape index (κ3) is 4.35. The standard InChI is InChI=1S/2C18H15P.CH3O.3ClH.Ru/c2*1-4-10-16(11-5-1)19(17-12-6-2-7-13-17)18-14-8-3-9-15-18;1-2;;;;/h2*1-15H;2H,1H2;3*1H;/q;;;;;;+1/p-1. The Morgan fingerprint density at radius 3 is 0.636 bits per heavy atom. The fraction of sp³-hybridized carbons (Fsp3) is 0.0270. The van der Waals surface area contributed by atoms with Gasteiger partial charge in [-0.1, -0.05) is 0 Å². The van der Waals surface area contributed by atoms with E-state index in [9.17, 15) is 5.11 Å². The second-order valence-electron chi connectivity index (χ2n) is 10.8. The van der Waals surface area contributed by atoms with Crippen LogP contribution in [-0.2, 0) is 8.49 Å². The van der Waals surface area contributed by atoms with Gasteiger partial charge < -0.3 is 0 Å². The molecular formula is C37H35Cl3OP2Ru. The number of halogens is 3. The summed E-state index contributed by atoms with van der Waals surface area (Å²) in [6.45, 7) is 0. The molecule has 7 heteroatoms. The van der Waals surface area contributed by atoms with E-state index >= 15 is 0 Å². The molecule has 228 valence electrons. The van der Waals surface area contributed by atoms with Gasteiger partial charge in [0, 0.05) is 0 Å². The summed E-state index contributed by atoms with van der Waals surface area (Å²) in [6.07, 6.45) is 0. The van der Waals surface area contributed by atoms with Crippen LogP contribution in [0.2, 0.25) is 0 Å². The van der Waals surface area contributed by atoms with Gasteiger partial charge in [0.05, 0.1) is 0 Å². The summed E-state index contributed by atoms with van der Waals surface area (Å²) < 4.78 is 0. The average Bonchev–Trinajstić information content (AvgIpc) is 3.08. The van der Waals surface area contributed by atoms with Gasteiger partial charge in [0.25, 0.3) is 0 Å². The molecule has 0 aromatic heterocycles. The van der Waals surface area contributed by atoms with Crippen molar-refractivity contribution in [2.75, 3.05) is 5.20 Å². The zero-order chi connectivity index (χ0) is 30.8. The molecule has 0 aliphatic carbocycles. The van der Waals surface area contributed by atoms with Crippen molar-refractivity contribution in [2.24, 2.45) is 0 Å². The second kappa shape index (κ2) is 11.8. The van der Waals surface area contributed by atoms with E-state index in [4.69, 9.17) is 29.1 Å². The van der Waals surface area contributed by atoms with Crippen LogP contribution in [0.4, 0.5) is 0 Å². The molecule has 0 saturated heterocycles. The molecule has 1 nitrogen and oxygen atoms in total. The predicted octanol–water partition coefficient (Wildman–Crippen LogP) is 7.91. The molecule has 44 heavy (non-hydrogen) atoms. The Balaban J connectivity index is 2.00. The van der Waals surface area contributed by atoms with E-state index in [0.717, 1.165) is 31.8 Å². The third-order valence-electron chi connectivity index (χ3n) is 8.47. The summed E-state index contributed by atoms with van der Waals surface area (Å²) in [5.74, 6) is 0. The molecule has 0 spiro atoms. The predicted molar refractivity (Wildman–Crippen MR) is 198 cm³/mol. The number of benzene rings is 6. The minimum absolute atomic E-state index is 0.567. The van der Waals surface area contributed by atoms with Crippen LogP contribution in [0.25, 0.3) is 0 Å². The van der Waals surface area contributed by atoms with Gasteiger partial charge in [-0.15, -0.1) is 0 Å². The van der Waals surface area contributed by atoms with Crippen LogP contribution < -0.4 is 31.8 Å². The first-order valence-electron chi connectivity index (χ1n) is 14.3. The summed E-state index contributed by atoms with van der Waals surface area (Å²) in [7, 11) is 20.0. The second-order valence-corrected chi connectivity index (χ2v) is 67.6. The van der Waals surface area contributed by atoms with Gasteiger partial charge in [-0.05, 0) is 0 Å². The van der Waals surface area contributed by atoms with Gasteiger partial charge in [0.1, 0.15) is 0 Å². The van der Waals surface area contributed by atoms with Crippen molar-refractivity contribution in [2.45, 2.75) is 0 Å². The number of rotatable bonds is 9. The zero-order valence-electron chi connectivity index (χ0n) is 24.0. The fourth-order valence-corrected chi connectivity index (χ4v) is 90.6. The molecule has 1 N–H and O–H groups in total. The summed E-state index contributed by atoms with van der Waals surface area (Å²) in [4.78, 5) is 0.